The Morgan fingerprint density at radius 2 is 1.93 bits per heavy atom. The standard InChI is InChI=1S/C11H15ClN2S/c1-11(2,12)8-13-10(15)14-9-6-4-3-5-7-9/h3-7H,8H2,1-2H3,(H2,13,14,15). The molecular weight excluding hydrogens is 228 g/mol. The van der Waals surface area contributed by atoms with Gasteiger partial charge >= 0.3 is 0 Å². The molecule has 2 N–H and O–H groups in total. The second kappa shape index (κ2) is 5.33. The van der Waals surface area contributed by atoms with Crippen molar-refractivity contribution in [1.29, 1.82) is 0 Å². The van der Waals surface area contributed by atoms with Crippen LogP contribution >= 0.6 is 23.8 Å². The molecule has 1 rings (SSSR count). The first-order valence-electron chi connectivity index (χ1n) is 4.76. The Morgan fingerprint density at radius 3 is 2.47 bits per heavy atom. The van der Waals surface area contributed by atoms with Crippen LogP contribution in [-0.2, 0) is 0 Å². The van der Waals surface area contributed by atoms with Gasteiger partial charge in [0, 0.05) is 12.2 Å². The molecule has 0 atom stereocenters. The van der Waals surface area contributed by atoms with E-state index in [4.69, 9.17) is 23.8 Å². The Morgan fingerprint density at radius 1 is 1.33 bits per heavy atom. The Labute approximate surface area is 101 Å². The second-order valence-electron chi connectivity index (χ2n) is 3.89. The fraction of sp³-hybridized carbons (Fsp3) is 0.364. The molecule has 1 aromatic rings. The highest BCUT2D eigenvalue weighted by Crippen LogP contribution is 2.10. The topological polar surface area (TPSA) is 24.1 Å². The van der Waals surface area contributed by atoms with Crippen LogP contribution in [0.1, 0.15) is 13.8 Å². The van der Waals surface area contributed by atoms with Crippen molar-refractivity contribution >= 4 is 34.6 Å². The zero-order valence-corrected chi connectivity index (χ0v) is 10.5. The number of hydrogen-bond acceptors (Lipinski definition) is 1. The molecule has 0 spiro atoms. The minimum Gasteiger partial charge on any atom is -0.361 e. The number of benzene rings is 1. The van der Waals surface area contributed by atoms with E-state index in [2.05, 4.69) is 10.6 Å². The molecule has 0 amide bonds. The van der Waals surface area contributed by atoms with Crippen LogP contribution in [0.2, 0.25) is 0 Å². The van der Waals surface area contributed by atoms with Gasteiger partial charge < -0.3 is 10.6 Å². The van der Waals surface area contributed by atoms with Gasteiger partial charge in [-0.2, -0.15) is 0 Å². The fourth-order valence-corrected chi connectivity index (χ4v) is 1.24. The second-order valence-corrected chi connectivity index (χ2v) is 5.32. The van der Waals surface area contributed by atoms with Gasteiger partial charge in [0.2, 0.25) is 0 Å². The highest BCUT2D eigenvalue weighted by atomic mass is 35.5. The molecule has 1 aromatic carbocycles. The lowest BCUT2D eigenvalue weighted by Crippen LogP contribution is -2.37. The molecule has 0 saturated carbocycles. The largest absolute Gasteiger partial charge is 0.361 e. The highest BCUT2D eigenvalue weighted by molar-refractivity contribution is 7.80. The van der Waals surface area contributed by atoms with Crippen LogP contribution in [0.3, 0.4) is 0 Å². The van der Waals surface area contributed by atoms with E-state index in [9.17, 15) is 0 Å². The first kappa shape index (κ1) is 12.3. The van der Waals surface area contributed by atoms with Gasteiger partial charge in [0.15, 0.2) is 5.11 Å². The van der Waals surface area contributed by atoms with E-state index in [1.807, 2.05) is 44.2 Å². The predicted molar refractivity (Wildman–Crippen MR) is 70.6 cm³/mol. The van der Waals surface area contributed by atoms with Crippen LogP contribution < -0.4 is 10.6 Å². The lowest BCUT2D eigenvalue weighted by Gasteiger charge is -2.18. The van der Waals surface area contributed by atoms with Crippen molar-refractivity contribution in [2.45, 2.75) is 18.7 Å². The molecule has 0 heterocycles. The van der Waals surface area contributed by atoms with Crippen molar-refractivity contribution in [1.82, 2.24) is 5.32 Å². The molecule has 0 aliphatic carbocycles. The summed E-state index contributed by atoms with van der Waals surface area (Å²) in [7, 11) is 0. The Balaban J connectivity index is 2.38. The number of nitrogens with one attached hydrogen (secondary N) is 2. The third-order valence-electron chi connectivity index (χ3n) is 1.70. The number of thiocarbonyl (C=S) groups is 1. The predicted octanol–water partition coefficient (Wildman–Crippen LogP) is 2.99. The zero-order chi connectivity index (χ0) is 11.3. The molecule has 0 saturated heterocycles. The average Bonchev–Trinajstić information content (AvgIpc) is 2.15. The molecule has 2 nitrogen and oxygen atoms in total. The van der Waals surface area contributed by atoms with Gasteiger partial charge in [0.05, 0.1) is 4.87 Å². The lowest BCUT2D eigenvalue weighted by molar-refractivity contribution is 0.668. The van der Waals surface area contributed by atoms with Crippen molar-refractivity contribution in [2.24, 2.45) is 0 Å². The molecule has 82 valence electrons. The van der Waals surface area contributed by atoms with E-state index in [-0.39, 0.29) is 4.87 Å². The van der Waals surface area contributed by atoms with Crippen molar-refractivity contribution in [3.63, 3.8) is 0 Å². The van der Waals surface area contributed by atoms with Gasteiger partial charge in [0.25, 0.3) is 0 Å². The van der Waals surface area contributed by atoms with E-state index < -0.39 is 0 Å². The number of alkyl halides is 1. The monoisotopic (exact) mass is 242 g/mol. The number of para-hydroxylation sites is 1. The average molecular weight is 243 g/mol. The Kier molecular flexibility index (Phi) is 4.36. The summed E-state index contributed by atoms with van der Waals surface area (Å²) in [5.41, 5.74) is 0.974. The van der Waals surface area contributed by atoms with Gasteiger partial charge in [-0.1, -0.05) is 18.2 Å². The molecule has 0 aliphatic heterocycles. The molecule has 0 bridgehead atoms. The van der Waals surface area contributed by atoms with E-state index in [0.29, 0.717) is 11.7 Å². The molecule has 0 aliphatic rings. The van der Waals surface area contributed by atoms with Gasteiger partial charge in [-0.3, -0.25) is 0 Å². The molecule has 15 heavy (non-hydrogen) atoms. The first-order valence-corrected chi connectivity index (χ1v) is 5.55. The van der Waals surface area contributed by atoms with Crippen LogP contribution in [0, 0.1) is 0 Å². The Hall–Kier alpha value is -0.800. The van der Waals surface area contributed by atoms with Gasteiger partial charge in [-0.25, -0.2) is 0 Å². The maximum absolute atomic E-state index is 6.03. The van der Waals surface area contributed by atoms with E-state index in [1.54, 1.807) is 0 Å². The minimum absolute atomic E-state index is 0.289. The minimum atomic E-state index is -0.289. The fourth-order valence-electron chi connectivity index (χ4n) is 0.987. The van der Waals surface area contributed by atoms with Crippen molar-refractivity contribution < 1.29 is 0 Å². The summed E-state index contributed by atoms with van der Waals surface area (Å²) < 4.78 is 0. The van der Waals surface area contributed by atoms with E-state index in [0.717, 1.165) is 5.69 Å². The number of halogens is 1. The van der Waals surface area contributed by atoms with Crippen molar-refractivity contribution in [3.05, 3.63) is 30.3 Å². The van der Waals surface area contributed by atoms with Crippen molar-refractivity contribution in [3.8, 4) is 0 Å². The third-order valence-corrected chi connectivity index (χ3v) is 2.08. The van der Waals surface area contributed by atoms with Gasteiger partial charge in [0.1, 0.15) is 0 Å². The maximum atomic E-state index is 6.03. The molecule has 0 unspecified atom stereocenters. The number of hydrogen-bond donors (Lipinski definition) is 2. The molecule has 4 heteroatoms. The van der Waals surface area contributed by atoms with Crippen LogP contribution in [0.15, 0.2) is 30.3 Å². The zero-order valence-electron chi connectivity index (χ0n) is 8.88. The van der Waals surface area contributed by atoms with Crippen LogP contribution in [-0.4, -0.2) is 16.5 Å². The third kappa shape index (κ3) is 5.60. The lowest BCUT2D eigenvalue weighted by atomic mass is 10.2. The molecule has 0 fully saturated rings. The normalized spacial score (nSPS) is 10.9. The maximum Gasteiger partial charge on any atom is 0.170 e. The van der Waals surface area contributed by atoms with Crippen LogP contribution in [0.4, 0.5) is 5.69 Å². The first-order chi connectivity index (χ1) is 6.97. The Bertz CT molecular complexity index is 319. The summed E-state index contributed by atoms with van der Waals surface area (Å²) >= 11 is 11.2. The SMILES string of the molecule is CC(C)(Cl)CNC(=S)Nc1ccccc1. The van der Waals surface area contributed by atoms with E-state index >= 15 is 0 Å². The van der Waals surface area contributed by atoms with Crippen molar-refractivity contribution in [2.75, 3.05) is 11.9 Å². The summed E-state index contributed by atoms with van der Waals surface area (Å²) in [5, 5.41) is 6.73. The number of anilines is 1. The van der Waals surface area contributed by atoms with Gasteiger partial charge in [-0.15, -0.1) is 11.6 Å². The van der Waals surface area contributed by atoms with Gasteiger partial charge in [-0.05, 0) is 38.2 Å². The quantitative estimate of drug-likeness (QED) is 0.630. The smallest absolute Gasteiger partial charge is 0.170 e. The highest BCUT2D eigenvalue weighted by Gasteiger charge is 2.12. The van der Waals surface area contributed by atoms with E-state index in [1.165, 1.54) is 0 Å². The molecule has 0 aromatic heterocycles. The molecular formula is C11H15ClN2S. The summed E-state index contributed by atoms with van der Waals surface area (Å²) in [4.78, 5) is -0.289. The summed E-state index contributed by atoms with van der Waals surface area (Å²) in [6.45, 7) is 4.51. The van der Waals surface area contributed by atoms with Crippen LogP contribution in [0.25, 0.3) is 0 Å². The summed E-state index contributed by atoms with van der Waals surface area (Å²) in [5.74, 6) is 0. The molecule has 0 radical (unpaired) electrons. The summed E-state index contributed by atoms with van der Waals surface area (Å²) in [6.07, 6.45) is 0. The number of rotatable bonds is 3. The van der Waals surface area contributed by atoms with Crippen LogP contribution in [0.5, 0.6) is 0 Å². The summed E-state index contributed by atoms with van der Waals surface area (Å²) in [6, 6.07) is 9.79.